The van der Waals surface area contributed by atoms with Crippen LogP contribution in [0.25, 0.3) is 11.2 Å². The zero-order chi connectivity index (χ0) is 24.9. The van der Waals surface area contributed by atoms with Gasteiger partial charge in [0.15, 0.2) is 27.9 Å². The van der Waals surface area contributed by atoms with Crippen molar-refractivity contribution in [1.29, 1.82) is 0 Å². The van der Waals surface area contributed by atoms with Crippen LogP contribution in [0.2, 0.25) is 0 Å². The van der Waals surface area contributed by atoms with Gasteiger partial charge in [0, 0.05) is 6.54 Å². The molecule has 4 atom stereocenters. The molecule has 0 saturated carbocycles. The standard InChI is InChI=1S/C23H25N5O6S/c1-4-10-27-14-17(25-21(24)26-18(14)29)28(22(27)35)19-16-15(33-23(2,3)34-16)13(32-19)11-31-20(30)12-8-6-5-7-9-12/h4-9,13,15-16,19H,1,10-11H2,2-3H3,(H3,24,25,26,29)/t13-,15-,16-,19-/m1/s1. The third-order valence-electron chi connectivity index (χ3n) is 5.91. The van der Waals surface area contributed by atoms with Crippen LogP contribution in [0, 0.1) is 4.77 Å². The van der Waals surface area contributed by atoms with E-state index < -0.39 is 41.9 Å². The Labute approximate surface area is 205 Å². The van der Waals surface area contributed by atoms with Crippen LogP contribution >= 0.6 is 12.2 Å². The fourth-order valence-electron chi connectivity index (χ4n) is 4.54. The number of ether oxygens (including phenoxy) is 4. The molecule has 11 nitrogen and oxygen atoms in total. The lowest BCUT2D eigenvalue weighted by Crippen LogP contribution is -2.33. The molecular formula is C23H25N5O6S. The summed E-state index contributed by atoms with van der Waals surface area (Å²) in [6.45, 7) is 7.53. The van der Waals surface area contributed by atoms with E-state index in [0.29, 0.717) is 5.56 Å². The predicted molar refractivity (Wildman–Crippen MR) is 128 cm³/mol. The molecule has 0 bridgehead atoms. The van der Waals surface area contributed by atoms with Crippen LogP contribution in [0.5, 0.6) is 0 Å². The summed E-state index contributed by atoms with van der Waals surface area (Å²) in [6, 6.07) is 8.67. The Balaban J connectivity index is 1.52. The molecule has 1 aromatic carbocycles. The number of imidazole rings is 1. The molecule has 3 aromatic rings. The lowest BCUT2D eigenvalue weighted by Gasteiger charge is -2.24. The molecule has 2 saturated heterocycles. The van der Waals surface area contributed by atoms with E-state index in [-0.39, 0.29) is 35.0 Å². The van der Waals surface area contributed by atoms with Crippen molar-refractivity contribution in [2.75, 3.05) is 12.3 Å². The molecule has 2 aliphatic heterocycles. The number of hydrogen-bond donors (Lipinski definition) is 2. The van der Waals surface area contributed by atoms with Gasteiger partial charge in [0.1, 0.15) is 24.9 Å². The quantitative estimate of drug-likeness (QED) is 0.297. The number of aromatic nitrogens is 4. The minimum absolute atomic E-state index is 0.0613. The summed E-state index contributed by atoms with van der Waals surface area (Å²) in [6.07, 6.45) is -1.01. The summed E-state index contributed by atoms with van der Waals surface area (Å²) in [5.74, 6) is -1.45. The molecule has 0 aliphatic carbocycles. The fourth-order valence-corrected chi connectivity index (χ4v) is 4.90. The summed E-state index contributed by atoms with van der Waals surface area (Å²) >= 11 is 5.71. The number of anilines is 1. The molecule has 2 aliphatic rings. The largest absolute Gasteiger partial charge is 0.459 e. The highest BCUT2D eigenvalue weighted by Gasteiger charge is 2.56. The van der Waals surface area contributed by atoms with Gasteiger partial charge in [0.25, 0.3) is 5.56 Å². The number of nitrogens with one attached hydrogen (secondary N) is 1. The molecular weight excluding hydrogens is 474 g/mol. The van der Waals surface area contributed by atoms with Crippen LogP contribution in [-0.2, 0) is 25.5 Å². The molecule has 0 unspecified atom stereocenters. The van der Waals surface area contributed by atoms with Gasteiger partial charge in [0.2, 0.25) is 5.95 Å². The molecule has 5 rings (SSSR count). The van der Waals surface area contributed by atoms with Crippen LogP contribution < -0.4 is 11.3 Å². The van der Waals surface area contributed by atoms with Crippen molar-refractivity contribution in [3.63, 3.8) is 0 Å². The first-order valence-electron chi connectivity index (χ1n) is 11.0. The molecule has 0 amide bonds. The van der Waals surface area contributed by atoms with Crippen molar-refractivity contribution in [3.05, 3.63) is 63.7 Å². The van der Waals surface area contributed by atoms with Gasteiger partial charge in [-0.15, -0.1) is 6.58 Å². The van der Waals surface area contributed by atoms with Gasteiger partial charge in [0.05, 0.1) is 5.56 Å². The molecule has 2 aromatic heterocycles. The summed E-state index contributed by atoms with van der Waals surface area (Å²) in [5, 5.41) is 0. The van der Waals surface area contributed by atoms with Gasteiger partial charge in [-0.2, -0.15) is 4.98 Å². The minimum atomic E-state index is -0.912. The maximum Gasteiger partial charge on any atom is 0.338 e. The maximum atomic E-state index is 12.7. The van der Waals surface area contributed by atoms with Gasteiger partial charge < -0.3 is 29.2 Å². The maximum absolute atomic E-state index is 12.7. The number of nitrogens with zero attached hydrogens (tertiary/aromatic N) is 3. The number of H-pyrrole nitrogens is 1. The van der Waals surface area contributed by atoms with Crippen molar-refractivity contribution in [2.45, 2.75) is 50.7 Å². The zero-order valence-electron chi connectivity index (χ0n) is 19.2. The highest BCUT2D eigenvalue weighted by molar-refractivity contribution is 7.71. The lowest BCUT2D eigenvalue weighted by molar-refractivity contribution is -0.200. The van der Waals surface area contributed by atoms with E-state index in [1.165, 1.54) is 0 Å². The van der Waals surface area contributed by atoms with Crippen LogP contribution in [-0.4, -0.2) is 55.8 Å². The molecule has 0 spiro atoms. The van der Waals surface area contributed by atoms with E-state index in [1.54, 1.807) is 53.3 Å². The molecule has 12 heteroatoms. The zero-order valence-corrected chi connectivity index (χ0v) is 20.0. The SMILES string of the molecule is C=CCn1c(=S)n([C@@H]2O[C@H](COC(=O)c3ccccc3)[C@H]3OC(C)(C)O[C@H]32)c2nc(N)[nH]c(=O)c21. The topological polar surface area (TPSA) is 136 Å². The van der Waals surface area contributed by atoms with Gasteiger partial charge in [-0.25, -0.2) is 4.79 Å². The number of nitrogens with two attached hydrogens (primary N) is 1. The van der Waals surface area contributed by atoms with E-state index in [2.05, 4.69) is 16.5 Å². The number of esters is 1. The number of fused-ring (bicyclic) bond motifs is 2. The Morgan fingerprint density at radius 1 is 1.31 bits per heavy atom. The number of allylic oxidation sites excluding steroid dienone is 1. The number of carbonyl (C=O) groups is 1. The van der Waals surface area contributed by atoms with Crippen molar-refractivity contribution < 1.29 is 23.7 Å². The Morgan fingerprint density at radius 3 is 2.74 bits per heavy atom. The second-order valence-corrected chi connectivity index (χ2v) is 9.13. The van der Waals surface area contributed by atoms with E-state index >= 15 is 0 Å². The summed E-state index contributed by atoms with van der Waals surface area (Å²) in [5.41, 5.74) is 6.31. The highest BCUT2D eigenvalue weighted by atomic mass is 32.1. The third-order valence-corrected chi connectivity index (χ3v) is 6.33. The Morgan fingerprint density at radius 2 is 2.03 bits per heavy atom. The fraction of sp³-hybridized carbons (Fsp3) is 0.391. The van der Waals surface area contributed by atoms with Crippen molar-refractivity contribution >= 4 is 35.3 Å². The summed E-state index contributed by atoms with van der Waals surface area (Å²) in [7, 11) is 0. The summed E-state index contributed by atoms with van der Waals surface area (Å²) < 4.78 is 27.6. The Bertz CT molecular complexity index is 1410. The second kappa shape index (κ2) is 8.72. The number of rotatable bonds is 6. The van der Waals surface area contributed by atoms with Crippen LogP contribution in [0.1, 0.15) is 30.4 Å². The van der Waals surface area contributed by atoms with Gasteiger partial charge in [-0.3, -0.25) is 14.3 Å². The van der Waals surface area contributed by atoms with Crippen molar-refractivity contribution in [3.8, 4) is 0 Å². The minimum Gasteiger partial charge on any atom is -0.459 e. The number of nitrogen functional groups attached to an aromatic ring is 1. The summed E-state index contributed by atoms with van der Waals surface area (Å²) in [4.78, 5) is 32.1. The van der Waals surface area contributed by atoms with Crippen molar-refractivity contribution in [1.82, 2.24) is 19.1 Å². The smallest absolute Gasteiger partial charge is 0.338 e. The number of hydrogen-bond acceptors (Lipinski definition) is 9. The number of benzene rings is 1. The average Bonchev–Trinajstić information content (AvgIpc) is 3.39. The molecule has 3 N–H and O–H groups in total. The van der Waals surface area contributed by atoms with Crippen molar-refractivity contribution in [2.24, 2.45) is 0 Å². The van der Waals surface area contributed by atoms with E-state index in [1.807, 2.05) is 6.07 Å². The first-order valence-corrected chi connectivity index (χ1v) is 11.5. The Kier molecular flexibility index (Phi) is 5.83. The van der Waals surface area contributed by atoms with E-state index in [9.17, 15) is 9.59 Å². The first kappa shape index (κ1) is 23.4. The predicted octanol–water partition coefficient (Wildman–Crippen LogP) is 2.30. The molecule has 4 heterocycles. The van der Waals surface area contributed by atoms with Crippen LogP contribution in [0.4, 0.5) is 5.95 Å². The third kappa shape index (κ3) is 4.08. The second-order valence-electron chi connectivity index (χ2n) is 8.77. The van der Waals surface area contributed by atoms with Gasteiger partial charge in [-0.1, -0.05) is 24.3 Å². The Hall–Kier alpha value is -3.32. The molecule has 2 fully saturated rings. The number of aromatic amines is 1. The number of carbonyl (C=O) groups excluding carboxylic acids is 1. The van der Waals surface area contributed by atoms with Crippen LogP contribution in [0.15, 0.2) is 47.8 Å². The molecule has 0 radical (unpaired) electrons. The monoisotopic (exact) mass is 499 g/mol. The molecule has 35 heavy (non-hydrogen) atoms. The average molecular weight is 500 g/mol. The first-order chi connectivity index (χ1) is 16.7. The van der Waals surface area contributed by atoms with Gasteiger partial charge in [-0.05, 0) is 38.2 Å². The highest BCUT2D eigenvalue weighted by Crippen LogP contribution is 2.44. The van der Waals surface area contributed by atoms with Gasteiger partial charge >= 0.3 is 5.97 Å². The van der Waals surface area contributed by atoms with Crippen LogP contribution in [0.3, 0.4) is 0 Å². The van der Waals surface area contributed by atoms with E-state index in [4.69, 9.17) is 36.9 Å². The normalized spacial score (nSPS) is 25.0. The molecule has 184 valence electrons. The van der Waals surface area contributed by atoms with E-state index in [0.717, 1.165) is 0 Å². The lowest BCUT2D eigenvalue weighted by atomic mass is 10.1.